The lowest BCUT2D eigenvalue weighted by Crippen LogP contribution is -2.42. The summed E-state index contributed by atoms with van der Waals surface area (Å²) in [4.78, 5) is 39.4. The molecule has 1 aliphatic rings. The van der Waals surface area contributed by atoms with Gasteiger partial charge in [0, 0.05) is 31.2 Å². The molecule has 3 amide bonds. The first-order chi connectivity index (χ1) is 16.9. The van der Waals surface area contributed by atoms with Crippen molar-refractivity contribution < 1.29 is 23.5 Å². The van der Waals surface area contributed by atoms with E-state index in [0.29, 0.717) is 38.2 Å². The van der Waals surface area contributed by atoms with E-state index >= 15 is 0 Å². The average molecular weight is 498 g/mol. The second kappa shape index (κ2) is 11.0. The fourth-order valence-corrected chi connectivity index (χ4v) is 4.38. The fraction of sp³-hybridized carbons (Fsp3) is 0.292. The third-order valence-electron chi connectivity index (χ3n) is 5.68. The van der Waals surface area contributed by atoms with E-state index in [1.54, 1.807) is 12.0 Å². The molecular formula is C24H24FN5O4S. The lowest BCUT2D eigenvalue weighted by Gasteiger charge is -2.30. The summed E-state index contributed by atoms with van der Waals surface area (Å²) >= 11 is 0.893. The highest BCUT2D eigenvalue weighted by Gasteiger charge is 2.29. The van der Waals surface area contributed by atoms with E-state index in [4.69, 9.17) is 4.74 Å². The number of benzene rings is 2. The molecule has 2 aromatic carbocycles. The van der Waals surface area contributed by atoms with E-state index in [9.17, 15) is 18.8 Å². The minimum Gasteiger partial charge on any atom is -0.497 e. The number of likely N-dealkylation sites (tertiary alicyclic amines) is 1. The zero-order chi connectivity index (χ0) is 24.8. The highest BCUT2D eigenvalue weighted by Crippen LogP contribution is 2.22. The quantitative estimate of drug-likeness (QED) is 0.519. The predicted octanol–water partition coefficient (Wildman–Crippen LogP) is 3.11. The van der Waals surface area contributed by atoms with Crippen molar-refractivity contribution in [2.24, 2.45) is 5.92 Å². The molecule has 182 valence electrons. The molecule has 1 fully saturated rings. The SMILES string of the molecule is COc1ccc(CNC(=O)C2CCN(C(=O)c3nnc(C(=O)Nc4ccc(F)cc4)s3)CC2)cc1. The van der Waals surface area contributed by atoms with Crippen LogP contribution < -0.4 is 15.4 Å². The van der Waals surface area contributed by atoms with Crippen molar-refractivity contribution in [2.45, 2.75) is 19.4 Å². The number of nitrogens with zero attached hydrogens (tertiary/aromatic N) is 3. The Morgan fingerprint density at radius 3 is 2.34 bits per heavy atom. The van der Waals surface area contributed by atoms with Gasteiger partial charge in [-0.3, -0.25) is 14.4 Å². The molecule has 1 aliphatic heterocycles. The number of piperidine rings is 1. The smallest absolute Gasteiger partial charge is 0.286 e. The van der Waals surface area contributed by atoms with E-state index in [1.807, 2.05) is 24.3 Å². The van der Waals surface area contributed by atoms with E-state index in [2.05, 4.69) is 20.8 Å². The van der Waals surface area contributed by atoms with Gasteiger partial charge in [-0.1, -0.05) is 23.5 Å². The number of halogens is 1. The van der Waals surface area contributed by atoms with E-state index in [-0.39, 0.29) is 27.7 Å². The molecular weight excluding hydrogens is 473 g/mol. The standard InChI is InChI=1S/C24H24FN5O4S/c1-34-19-8-2-15(3-9-19)14-26-20(31)16-10-12-30(13-11-16)24(33)23-29-28-22(35-23)21(32)27-18-6-4-17(25)5-7-18/h2-9,16H,10-14H2,1H3,(H,26,31)(H,27,32). The maximum atomic E-state index is 13.0. The predicted molar refractivity (Wildman–Crippen MR) is 128 cm³/mol. The zero-order valence-electron chi connectivity index (χ0n) is 19.0. The molecule has 0 unspecified atom stereocenters. The summed E-state index contributed by atoms with van der Waals surface area (Å²) in [6, 6.07) is 12.8. The molecule has 4 rings (SSSR count). The van der Waals surface area contributed by atoms with Crippen LogP contribution in [0.15, 0.2) is 48.5 Å². The summed E-state index contributed by atoms with van der Waals surface area (Å²) in [5.41, 5.74) is 1.38. The van der Waals surface area contributed by atoms with Crippen LogP contribution in [0, 0.1) is 11.7 Å². The molecule has 0 spiro atoms. The normalized spacial score (nSPS) is 13.8. The van der Waals surface area contributed by atoms with Gasteiger partial charge in [0.05, 0.1) is 7.11 Å². The number of rotatable bonds is 7. The van der Waals surface area contributed by atoms with E-state index < -0.39 is 11.7 Å². The lowest BCUT2D eigenvalue weighted by atomic mass is 9.95. The summed E-state index contributed by atoms with van der Waals surface area (Å²) < 4.78 is 18.1. The van der Waals surface area contributed by atoms with Gasteiger partial charge in [-0.05, 0) is 54.8 Å². The third kappa shape index (κ3) is 6.18. The maximum absolute atomic E-state index is 13.0. The van der Waals surface area contributed by atoms with Crippen molar-refractivity contribution >= 4 is 34.7 Å². The van der Waals surface area contributed by atoms with Crippen LogP contribution in [0.4, 0.5) is 10.1 Å². The van der Waals surface area contributed by atoms with Gasteiger partial charge in [0.1, 0.15) is 11.6 Å². The maximum Gasteiger partial charge on any atom is 0.286 e. The molecule has 2 heterocycles. The number of aromatic nitrogens is 2. The number of hydrogen-bond acceptors (Lipinski definition) is 7. The minimum absolute atomic E-state index is 0.0328. The molecule has 0 bridgehead atoms. The van der Waals surface area contributed by atoms with Crippen molar-refractivity contribution in [1.29, 1.82) is 0 Å². The molecule has 11 heteroatoms. The summed E-state index contributed by atoms with van der Waals surface area (Å²) in [5, 5.41) is 13.4. The highest BCUT2D eigenvalue weighted by atomic mass is 32.1. The molecule has 0 saturated carbocycles. The Balaban J connectivity index is 1.25. The Bertz CT molecular complexity index is 1190. The first kappa shape index (κ1) is 24.3. The zero-order valence-corrected chi connectivity index (χ0v) is 19.8. The number of carbonyl (C=O) groups is 3. The van der Waals surface area contributed by atoms with Crippen LogP contribution in [0.25, 0.3) is 0 Å². The fourth-order valence-electron chi connectivity index (χ4n) is 3.68. The first-order valence-corrected chi connectivity index (χ1v) is 11.8. The van der Waals surface area contributed by atoms with E-state index in [0.717, 1.165) is 22.6 Å². The Morgan fingerprint density at radius 1 is 1.03 bits per heavy atom. The summed E-state index contributed by atoms with van der Waals surface area (Å²) in [6.07, 6.45) is 1.08. The molecule has 9 nitrogen and oxygen atoms in total. The largest absolute Gasteiger partial charge is 0.497 e. The van der Waals surface area contributed by atoms with Gasteiger partial charge in [0.15, 0.2) is 0 Å². The topological polar surface area (TPSA) is 114 Å². The van der Waals surface area contributed by atoms with Gasteiger partial charge < -0.3 is 20.3 Å². The Morgan fingerprint density at radius 2 is 1.69 bits per heavy atom. The lowest BCUT2D eigenvalue weighted by molar-refractivity contribution is -0.126. The molecule has 3 aromatic rings. The van der Waals surface area contributed by atoms with Gasteiger partial charge in [0.2, 0.25) is 15.9 Å². The number of amides is 3. The van der Waals surface area contributed by atoms with Gasteiger partial charge in [0.25, 0.3) is 11.8 Å². The first-order valence-electron chi connectivity index (χ1n) is 11.0. The summed E-state index contributed by atoms with van der Waals surface area (Å²) in [7, 11) is 1.60. The summed E-state index contributed by atoms with van der Waals surface area (Å²) in [6.45, 7) is 1.25. The molecule has 2 N–H and O–H groups in total. The van der Waals surface area contributed by atoms with E-state index in [1.165, 1.54) is 24.3 Å². The van der Waals surface area contributed by atoms with Crippen molar-refractivity contribution in [2.75, 3.05) is 25.5 Å². The molecule has 0 radical (unpaired) electrons. The van der Waals surface area contributed by atoms with Crippen LogP contribution in [-0.2, 0) is 11.3 Å². The Labute approximate surface area is 205 Å². The van der Waals surface area contributed by atoms with Crippen molar-refractivity contribution in [3.8, 4) is 5.75 Å². The van der Waals surface area contributed by atoms with Gasteiger partial charge in [-0.25, -0.2) is 4.39 Å². The number of hydrogen-bond donors (Lipinski definition) is 2. The molecule has 35 heavy (non-hydrogen) atoms. The number of methoxy groups -OCH3 is 1. The van der Waals surface area contributed by atoms with Crippen LogP contribution in [0.1, 0.15) is 38.0 Å². The van der Waals surface area contributed by atoms with Gasteiger partial charge in [-0.2, -0.15) is 0 Å². The monoisotopic (exact) mass is 497 g/mol. The van der Waals surface area contributed by atoms with Crippen molar-refractivity contribution in [1.82, 2.24) is 20.4 Å². The number of nitrogens with one attached hydrogen (secondary N) is 2. The van der Waals surface area contributed by atoms with Crippen molar-refractivity contribution in [3.05, 3.63) is 69.9 Å². The van der Waals surface area contributed by atoms with Gasteiger partial charge in [-0.15, -0.1) is 10.2 Å². The van der Waals surface area contributed by atoms with Crippen LogP contribution in [0.5, 0.6) is 5.75 Å². The summed E-state index contributed by atoms with van der Waals surface area (Å²) in [5.74, 6) is -0.716. The van der Waals surface area contributed by atoms with Gasteiger partial charge >= 0.3 is 0 Å². The minimum atomic E-state index is -0.527. The molecule has 1 saturated heterocycles. The van der Waals surface area contributed by atoms with Crippen molar-refractivity contribution in [3.63, 3.8) is 0 Å². The Hall–Kier alpha value is -3.86. The molecule has 1 aromatic heterocycles. The average Bonchev–Trinajstić information content (AvgIpc) is 3.39. The highest BCUT2D eigenvalue weighted by molar-refractivity contribution is 7.15. The second-order valence-corrected chi connectivity index (χ2v) is 8.98. The van der Waals surface area contributed by atoms with Crippen LogP contribution in [-0.4, -0.2) is 53.0 Å². The number of ether oxygens (including phenoxy) is 1. The molecule has 0 aliphatic carbocycles. The van der Waals surface area contributed by atoms with Crippen LogP contribution >= 0.6 is 11.3 Å². The van der Waals surface area contributed by atoms with Crippen LogP contribution in [0.3, 0.4) is 0 Å². The second-order valence-electron chi connectivity index (χ2n) is 8.01. The number of anilines is 1. The Kier molecular flexibility index (Phi) is 7.66. The molecule has 0 atom stereocenters. The number of carbonyl (C=O) groups excluding carboxylic acids is 3. The van der Waals surface area contributed by atoms with Crippen LogP contribution in [0.2, 0.25) is 0 Å². The third-order valence-corrected chi connectivity index (χ3v) is 6.59.